The molecule has 0 aliphatic carbocycles. The van der Waals surface area contributed by atoms with Crippen LogP contribution in [-0.4, -0.2) is 22.9 Å². The first-order valence-corrected chi connectivity index (χ1v) is 9.24. The molecule has 1 aromatic carbocycles. The van der Waals surface area contributed by atoms with Crippen molar-refractivity contribution in [2.45, 2.75) is 4.90 Å². The lowest BCUT2D eigenvalue weighted by molar-refractivity contribution is 0.102. The lowest BCUT2D eigenvalue weighted by Crippen LogP contribution is -2.10. The summed E-state index contributed by atoms with van der Waals surface area (Å²) in [6.45, 7) is 0. The van der Waals surface area contributed by atoms with E-state index in [0.717, 1.165) is 7.57 Å². The minimum atomic E-state index is -1.39. The minimum absolute atomic E-state index is 0.0467. The fraction of sp³-hybridized carbons (Fsp3) is 0.154. The molecule has 0 bridgehead atoms. The van der Waals surface area contributed by atoms with E-state index in [1.807, 2.05) is 0 Å². The van der Waals surface area contributed by atoms with Crippen LogP contribution in [0.5, 0.6) is 5.75 Å². The Morgan fingerprint density at radius 3 is 2.70 bits per heavy atom. The number of thiophene rings is 1. The molecule has 0 aliphatic heterocycles. The quantitative estimate of drug-likeness (QED) is 0.656. The third kappa shape index (κ3) is 3.78. The Morgan fingerprint density at radius 1 is 1.35 bits per heavy atom. The van der Waals surface area contributed by atoms with Crippen LogP contribution in [0, 0.1) is 0 Å². The van der Waals surface area contributed by atoms with E-state index in [-0.39, 0.29) is 11.5 Å². The van der Waals surface area contributed by atoms with Crippen molar-refractivity contribution in [2.24, 2.45) is 0 Å². The SMILES string of the molecule is COc1cccc(S(=O)CC(=O)c2cc(Br)sc2Br)c1. The number of ether oxygens (including phenoxy) is 1. The molecule has 1 aromatic heterocycles. The van der Waals surface area contributed by atoms with E-state index in [1.165, 1.54) is 11.3 Å². The molecule has 1 heterocycles. The van der Waals surface area contributed by atoms with Gasteiger partial charge in [-0.05, 0) is 56.1 Å². The van der Waals surface area contributed by atoms with Crippen LogP contribution in [0.1, 0.15) is 10.4 Å². The number of carbonyl (C=O) groups is 1. The van der Waals surface area contributed by atoms with E-state index in [2.05, 4.69) is 31.9 Å². The van der Waals surface area contributed by atoms with E-state index in [1.54, 1.807) is 37.4 Å². The van der Waals surface area contributed by atoms with Crippen LogP contribution in [-0.2, 0) is 10.8 Å². The van der Waals surface area contributed by atoms with Crippen molar-refractivity contribution in [3.63, 3.8) is 0 Å². The van der Waals surface area contributed by atoms with Gasteiger partial charge in [0, 0.05) is 10.5 Å². The Bertz CT molecular complexity index is 667. The van der Waals surface area contributed by atoms with Crippen LogP contribution in [0.15, 0.2) is 42.8 Å². The van der Waals surface area contributed by atoms with Gasteiger partial charge in [-0.15, -0.1) is 11.3 Å². The summed E-state index contributed by atoms with van der Waals surface area (Å²) < 4.78 is 18.9. The van der Waals surface area contributed by atoms with Gasteiger partial charge in [-0.25, -0.2) is 0 Å². The Labute approximate surface area is 140 Å². The van der Waals surface area contributed by atoms with Gasteiger partial charge in [-0.3, -0.25) is 9.00 Å². The molecule has 1 unspecified atom stereocenters. The first-order chi connectivity index (χ1) is 9.51. The average Bonchev–Trinajstić information content (AvgIpc) is 2.77. The number of carbonyl (C=O) groups excluding carboxylic acids is 1. The lowest BCUT2D eigenvalue weighted by Gasteiger charge is -2.04. The largest absolute Gasteiger partial charge is 0.497 e. The molecule has 0 saturated carbocycles. The normalized spacial score (nSPS) is 12.2. The van der Waals surface area contributed by atoms with E-state index in [9.17, 15) is 9.00 Å². The third-order valence-electron chi connectivity index (χ3n) is 2.52. The Hall–Kier alpha value is -0.500. The van der Waals surface area contributed by atoms with Gasteiger partial charge in [-0.1, -0.05) is 6.07 Å². The van der Waals surface area contributed by atoms with Gasteiger partial charge in [0.25, 0.3) is 0 Å². The maximum absolute atomic E-state index is 12.2. The zero-order valence-electron chi connectivity index (χ0n) is 10.4. The number of rotatable bonds is 5. The van der Waals surface area contributed by atoms with Crippen molar-refractivity contribution in [1.29, 1.82) is 0 Å². The van der Waals surface area contributed by atoms with Crippen molar-refractivity contribution < 1.29 is 13.7 Å². The van der Waals surface area contributed by atoms with Crippen LogP contribution >= 0.6 is 43.2 Å². The minimum Gasteiger partial charge on any atom is -0.497 e. The van der Waals surface area contributed by atoms with Gasteiger partial charge in [0.05, 0.1) is 31.2 Å². The van der Waals surface area contributed by atoms with E-state index in [4.69, 9.17) is 4.74 Å². The summed E-state index contributed by atoms with van der Waals surface area (Å²) in [4.78, 5) is 12.7. The van der Waals surface area contributed by atoms with Crippen LogP contribution in [0.25, 0.3) is 0 Å². The molecule has 2 aromatic rings. The van der Waals surface area contributed by atoms with Crippen molar-refractivity contribution >= 4 is 59.8 Å². The molecule has 20 heavy (non-hydrogen) atoms. The number of methoxy groups -OCH3 is 1. The summed E-state index contributed by atoms with van der Waals surface area (Å²) in [6.07, 6.45) is 0. The zero-order chi connectivity index (χ0) is 14.7. The highest BCUT2D eigenvalue weighted by molar-refractivity contribution is 9.12. The number of halogens is 2. The molecule has 0 N–H and O–H groups in total. The number of hydrogen-bond donors (Lipinski definition) is 0. The lowest BCUT2D eigenvalue weighted by atomic mass is 10.2. The van der Waals surface area contributed by atoms with Crippen molar-refractivity contribution in [3.8, 4) is 5.75 Å². The highest BCUT2D eigenvalue weighted by atomic mass is 79.9. The zero-order valence-corrected chi connectivity index (χ0v) is 15.2. The first kappa shape index (κ1) is 15.9. The van der Waals surface area contributed by atoms with Crippen LogP contribution < -0.4 is 4.74 Å². The van der Waals surface area contributed by atoms with Crippen LogP contribution in [0.2, 0.25) is 0 Å². The predicted molar refractivity (Wildman–Crippen MR) is 88.3 cm³/mol. The Morgan fingerprint density at radius 2 is 2.10 bits per heavy atom. The molecule has 0 amide bonds. The van der Waals surface area contributed by atoms with Gasteiger partial charge >= 0.3 is 0 Å². The molecule has 0 saturated heterocycles. The number of Topliss-reactive ketones (excluding diaryl/α,β-unsaturated/α-hetero) is 1. The summed E-state index contributed by atoms with van der Waals surface area (Å²) in [7, 11) is 0.163. The van der Waals surface area contributed by atoms with Crippen LogP contribution in [0.3, 0.4) is 0 Å². The van der Waals surface area contributed by atoms with Crippen molar-refractivity contribution in [1.82, 2.24) is 0 Å². The summed E-state index contributed by atoms with van der Waals surface area (Å²) in [5.74, 6) is 0.428. The molecule has 0 fully saturated rings. The molecule has 106 valence electrons. The molecule has 0 radical (unpaired) electrons. The maximum atomic E-state index is 12.2. The highest BCUT2D eigenvalue weighted by Gasteiger charge is 2.17. The third-order valence-corrected chi connectivity index (χ3v) is 6.17. The van der Waals surface area contributed by atoms with E-state index >= 15 is 0 Å². The predicted octanol–water partition coefficient (Wildman–Crippen LogP) is 4.27. The standard InChI is InChI=1S/C13H10Br2O3S2/c1-18-8-3-2-4-9(5-8)20(17)7-11(16)10-6-12(14)19-13(10)15/h2-6H,7H2,1H3. The number of benzene rings is 1. The van der Waals surface area contributed by atoms with E-state index in [0.29, 0.717) is 16.2 Å². The summed E-state index contributed by atoms with van der Waals surface area (Å²) in [5.41, 5.74) is 0.554. The van der Waals surface area contributed by atoms with E-state index < -0.39 is 10.8 Å². The molecular formula is C13H10Br2O3S2. The summed E-state index contributed by atoms with van der Waals surface area (Å²) >= 11 is 8.08. The second-order valence-corrected chi connectivity index (χ2v) is 9.03. The van der Waals surface area contributed by atoms with Gasteiger partial charge in [0.15, 0.2) is 5.78 Å². The van der Waals surface area contributed by atoms with Crippen molar-refractivity contribution in [3.05, 3.63) is 43.5 Å². The molecule has 2 rings (SSSR count). The molecule has 0 spiro atoms. The second kappa shape index (κ2) is 6.98. The van der Waals surface area contributed by atoms with Gasteiger partial charge in [0.1, 0.15) is 5.75 Å². The van der Waals surface area contributed by atoms with Crippen molar-refractivity contribution in [2.75, 3.05) is 12.9 Å². The molecule has 3 nitrogen and oxygen atoms in total. The highest BCUT2D eigenvalue weighted by Crippen LogP contribution is 2.32. The maximum Gasteiger partial charge on any atom is 0.177 e. The average molecular weight is 438 g/mol. The summed E-state index contributed by atoms with van der Waals surface area (Å²) in [6, 6.07) is 8.68. The Balaban J connectivity index is 2.15. The molecule has 0 aliphatic rings. The second-order valence-electron chi connectivity index (χ2n) is 3.83. The Kier molecular flexibility index (Phi) is 5.54. The van der Waals surface area contributed by atoms with Crippen LogP contribution in [0.4, 0.5) is 0 Å². The monoisotopic (exact) mass is 436 g/mol. The first-order valence-electron chi connectivity index (χ1n) is 5.51. The topological polar surface area (TPSA) is 43.4 Å². The fourth-order valence-electron chi connectivity index (χ4n) is 1.55. The smallest absolute Gasteiger partial charge is 0.177 e. The summed E-state index contributed by atoms with van der Waals surface area (Å²) in [5, 5.41) is 0. The molecule has 1 atom stereocenters. The number of hydrogen-bond acceptors (Lipinski definition) is 4. The molecule has 7 heteroatoms. The number of ketones is 1. The fourth-order valence-corrected chi connectivity index (χ4v) is 5.45. The molecular weight excluding hydrogens is 428 g/mol. The van der Waals surface area contributed by atoms with Gasteiger partial charge in [0.2, 0.25) is 0 Å². The van der Waals surface area contributed by atoms with Gasteiger partial charge < -0.3 is 4.74 Å². The van der Waals surface area contributed by atoms with Gasteiger partial charge in [-0.2, -0.15) is 0 Å².